The lowest BCUT2D eigenvalue weighted by molar-refractivity contribution is 0.0996. The maximum Gasteiger partial charge on any atom is 0.271 e. The van der Waals surface area contributed by atoms with Crippen molar-refractivity contribution in [2.75, 3.05) is 5.32 Å². The molecule has 0 spiro atoms. The van der Waals surface area contributed by atoms with E-state index in [1.54, 1.807) is 0 Å². The van der Waals surface area contributed by atoms with E-state index in [0.717, 1.165) is 12.1 Å². The van der Waals surface area contributed by atoms with Crippen molar-refractivity contribution in [2.24, 2.45) is 5.73 Å². The predicted octanol–water partition coefficient (Wildman–Crippen LogP) is 1.62. The zero-order chi connectivity index (χ0) is 14.7. The molecule has 0 aliphatic rings. The summed E-state index contributed by atoms with van der Waals surface area (Å²) in [6, 6.07) is 3.53. The highest BCUT2D eigenvalue weighted by molar-refractivity contribution is 6.31. The van der Waals surface area contributed by atoms with E-state index < -0.39 is 17.6 Å². The normalized spacial score (nSPS) is 10.1. The van der Waals surface area contributed by atoms with Crippen LogP contribution in [-0.4, -0.2) is 21.8 Å². The summed E-state index contributed by atoms with van der Waals surface area (Å²) < 4.78 is 13.5. The van der Waals surface area contributed by atoms with Crippen LogP contribution in [0, 0.1) is 5.82 Å². The number of primary amides is 1. The average molecular weight is 295 g/mol. The minimum atomic E-state index is -0.861. The average Bonchev–Trinajstić information content (AvgIpc) is 2.41. The Morgan fingerprint density at radius 3 is 2.65 bits per heavy atom. The highest BCUT2D eigenvalue weighted by atomic mass is 35.5. The van der Waals surface area contributed by atoms with Crippen LogP contribution in [0.3, 0.4) is 0 Å². The Kier molecular flexibility index (Phi) is 3.90. The summed E-state index contributed by atoms with van der Waals surface area (Å²) >= 11 is 5.70. The summed E-state index contributed by atoms with van der Waals surface area (Å²) in [5.74, 6) is -2.58. The van der Waals surface area contributed by atoms with E-state index in [0.29, 0.717) is 0 Å². The molecule has 1 aromatic heterocycles. The van der Waals surface area contributed by atoms with Crippen molar-refractivity contribution >= 4 is 29.2 Å². The molecule has 20 heavy (non-hydrogen) atoms. The molecule has 0 bridgehead atoms. The van der Waals surface area contributed by atoms with Crippen molar-refractivity contribution in [2.45, 2.75) is 0 Å². The third kappa shape index (κ3) is 2.89. The van der Waals surface area contributed by atoms with Crippen LogP contribution < -0.4 is 11.1 Å². The number of aromatic nitrogens is 2. The number of nitrogens with two attached hydrogens (primary N) is 1. The monoisotopic (exact) mass is 294 g/mol. The molecule has 0 aliphatic heterocycles. The number of nitrogens with zero attached hydrogens (tertiary/aromatic N) is 2. The Hall–Kier alpha value is -2.54. The van der Waals surface area contributed by atoms with Crippen LogP contribution in [0.5, 0.6) is 0 Å². The van der Waals surface area contributed by atoms with Crippen molar-refractivity contribution in [3.05, 3.63) is 52.7 Å². The molecule has 0 aliphatic carbocycles. The van der Waals surface area contributed by atoms with Crippen molar-refractivity contribution < 1.29 is 14.0 Å². The van der Waals surface area contributed by atoms with Gasteiger partial charge in [-0.25, -0.2) is 14.4 Å². The van der Waals surface area contributed by atoms with Crippen LogP contribution in [0.15, 0.2) is 30.6 Å². The number of anilines is 1. The number of nitrogens with one attached hydrogen (secondary N) is 1. The molecule has 8 heteroatoms. The third-order valence-corrected chi connectivity index (χ3v) is 2.57. The number of hydrogen-bond acceptors (Lipinski definition) is 4. The second-order valence-corrected chi connectivity index (χ2v) is 4.13. The van der Waals surface area contributed by atoms with E-state index in [9.17, 15) is 14.0 Å². The quantitative estimate of drug-likeness (QED) is 0.898. The van der Waals surface area contributed by atoms with Gasteiger partial charge in [-0.3, -0.25) is 9.59 Å². The Labute approximate surface area is 117 Å². The van der Waals surface area contributed by atoms with Crippen LogP contribution in [0.1, 0.15) is 20.8 Å². The van der Waals surface area contributed by atoms with E-state index in [-0.39, 0.29) is 22.1 Å². The van der Waals surface area contributed by atoms with E-state index in [4.69, 9.17) is 17.3 Å². The number of amides is 2. The predicted molar refractivity (Wildman–Crippen MR) is 69.9 cm³/mol. The molecule has 2 amide bonds. The molecule has 2 rings (SSSR count). The first-order valence-electron chi connectivity index (χ1n) is 5.36. The summed E-state index contributed by atoms with van der Waals surface area (Å²) in [5, 5.41) is 2.46. The first-order valence-corrected chi connectivity index (χ1v) is 5.74. The fourth-order valence-electron chi connectivity index (χ4n) is 1.46. The van der Waals surface area contributed by atoms with Gasteiger partial charge in [0, 0.05) is 17.4 Å². The van der Waals surface area contributed by atoms with Gasteiger partial charge in [0.1, 0.15) is 5.82 Å². The number of hydrogen-bond donors (Lipinski definition) is 2. The highest BCUT2D eigenvalue weighted by Gasteiger charge is 2.17. The third-order valence-electron chi connectivity index (χ3n) is 2.34. The molecular weight excluding hydrogens is 287 g/mol. The summed E-state index contributed by atoms with van der Waals surface area (Å²) in [5.41, 5.74) is 4.60. The van der Waals surface area contributed by atoms with Crippen LogP contribution in [0.2, 0.25) is 5.02 Å². The maximum absolute atomic E-state index is 13.5. The van der Waals surface area contributed by atoms with Crippen LogP contribution >= 0.6 is 11.6 Å². The van der Waals surface area contributed by atoms with Crippen molar-refractivity contribution in [3.63, 3.8) is 0 Å². The van der Waals surface area contributed by atoms with E-state index >= 15 is 0 Å². The van der Waals surface area contributed by atoms with Gasteiger partial charge in [-0.05, 0) is 18.2 Å². The van der Waals surface area contributed by atoms with Gasteiger partial charge in [0.05, 0.1) is 5.56 Å². The number of carbonyl (C=O) groups excluding carboxylic acids is 2. The SMILES string of the molecule is NC(=O)c1nccnc1NC(=O)c1cc(Cl)ccc1F. The molecule has 0 atom stereocenters. The Morgan fingerprint density at radius 2 is 1.95 bits per heavy atom. The zero-order valence-electron chi connectivity index (χ0n) is 9.93. The van der Waals surface area contributed by atoms with Gasteiger partial charge < -0.3 is 11.1 Å². The highest BCUT2D eigenvalue weighted by Crippen LogP contribution is 2.17. The molecule has 0 saturated heterocycles. The fraction of sp³-hybridized carbons (Fsp3) is 0. The van der Waals surface area contributed by atoms with Gasteiger partial charge in [-0.2, -0.15) is 0 Å². The molecule has 0 fully saturated rings. The molecule has 2 aromatic rings. The van der Waals surface area contributed by atoms with E-state index in [1.807, 2.05) is 0 Å². The summed E-state index contributed by atoms with van der Waals surface area (Å²) in [6.45, 7) is 0. The first-order chi connectivity index (χ1) is 9.49. The largest absolute Gasteiger partial charge is 0.364 e. The smallest absolute Gasteiger partial charge is 0.271 e. The molecular formula is C12H8ClFN4O2. The van der Waals surface area contributed by atoms with Crippen LogP contribution in [0.4, 0.5) is 10.2 Å². The standard InChI is InChI=1S/C12H8ClFN4O2/c13-6-1-2-8(14)7(5-6)12(20)18-11-9(10(15)19)16-3-4-17-11/h1-5H,(H2,15,19)(H,17,18,20). The Morgan fingerprint density at radius 1 is 1.25 bits per heavy atom. The van der Waals surface area contributed by atoms with E-state index in [2.05, 4.69) is 15.3 Å². The summed E-state index contributed by atoms with van der Waals surface area (Å²) in [4.78, 5) is 30.5. The second-order valence-electron chi connectivity index (χ2n) is 3.70. The minimum absolute atomic E-state index is 0.149. The second kappa shape index (κ2) is 5.62. The van der Waals surface area contributed by atoms with Gasteiger partial charge in [0.15, 0.2) is 11.5 Å². The van der Waals surface area contributed by atoms with Crippen LogP contribution in [-0.2, 0) is 0 Å². The maximum atomic E-state index is 13.5. The zero-order valence-corrected chi connectivity index (χ0v) is 10.7. The molecule has 102 valence electrons. The van der Waals surface area contributed by atoms with Gasteiger partial charge in [0.2, 0.25) is 0 Å². The van der Waals surface area contributed by atoms with Crippen molar-refractivity contribution in [3.8, 4) is 0 Å². The van der Waals surface area contributed by atoms with Gasteiger partial charge in [0.25, 0.3) is 11.8 Å². The Balaban J connectivity index is 2.33. The first kappa shape index (κ1) is 13.9. The summed E-state index contributed by atoms with van der Waals surface area (Å²) in [6.07, 6.45) is 2.51. The minimum Gasteiger partial charge on any atom is -0.364 e. The number of halogens is 2. The van der Waals surface area contributed by atoms with Gasteiger partial charge in [-0.15, -0.1) is 0 Å². The van der Waals surface area contributed by atoms with Gasteiger partial charge >= 0.3 is 0 Å². The van der Waals surface area contributed by atoms with Gasteiger partial charge in [-0.1, -0.05) is 11.6 Å². The fourth-order valence-corrected chi connectivity index (χ4v) is 1.63. The molecule has 1 heterocycles. The lowest BCUT2D eigenvalue weighted by Gasteiger charge is -2.07. The molecule has 3 N–H and O–H groups in total. The number of carbonyl (C=O) groups is 2. The van der Waals surface area contributed by atoms with E-state index in [1.165, 1.54) is 18.5 Å². The van der Waals surface area contributed by atoms with Crippen LogP contribution in [0.25, 0.3) is 0 Å². The van der Waals surface area contributed by atoms with Crippen molar-refractivity contribution in [1.29, 1.82) is 0 Å². The molecule has 0 unspecified atom stereocenters. The topological polar surface area (TPSA) is 98.0 Å². The molecule has 6 nitrogen and oxygen atoms in total. The van der Waals surface area contributed by atoms with Crippen molar-refractivity contribution in [1.82, 2.24) is 9.97 Å². The molecule has 0 radical (unpaired) electrons. The summed E-state index contributed by atoms with van der Waals surface area (Å²) in [7, 11) is 0. The lowest BCUT2D eigenvalue weighted by atomic mass is 10.2. The lowest BCUT2D eigenvalue weighted by Crippen LogP contribution is -2.21. The Bertz CT molecular complexity index is 693. The molecule has 1 aromatic carbocycles. The number of rotatable bonds is 3. The molecule has 0 saturated carbocycles. The number of benzene rings is 1.